The van der Waals surface area contributed by atoms with Crippen molar-refractivity contribution >= 4 is 40.4 Å². The number of likely N-dealkylation sites (tertiary alicyclic amines) is 1. The Kier molecular flexibility index (Phi) is 5.03. The molecule has 138 valence electrons. The van der Waals surface area contributed by atoms with Crippen molar-refractivity contribution < 1.29 is 19.5 Å². The maximum absolute atomic E-state index is 12.6. The van der Waals surface area contributed by atoms with Gasteiger partial charge in [0.1, 0.15) is 5.69 Å². The summed E-state index contributed by atoms with van der Waals surface area (Å²) in [6, 6.07) is 5.98. The Hall–Kier alpha value is -2.74. The minimum Gasteiger partial charge on any atom is -0.465 e. The number of nitrogens with one attached hydrogen (secondary N) is 3. The van der Waals surface area contributed by atoms with E-state index in [2.05, 4.69) is 15.6 Å². The average molecular weight is 379 g/mol. The molecule has 3 rings (SSSR count). The molecule has 0 radical (unpaired) electrons. The summed E-state index contributed by atoms with van der Waals surface area (Å²) in [5.74, 6) is -0.463. The van der Waals surface area contributed by atoms with Crippen LogP contribution in [-0.2, 0) is 4.79 Å². The van der Waals surface area contributed by atoms with E-state index in [0.717, 1.165) is 10.9 Å². The van der Waals surface area contributed by atoms with Crippen molar-refractivity contribution in [2.75, 3.05) is 13.1 Å². The molecule has 1 aliphatic heterocycles. The molecular weight excluding hydrogens is 360 g/mol. The van der Waals surface area contributed by atoms with Gasteiger partial charge in [-0.05, 0) is 30.7 Å². The molecule has 0 bridgehead atoms. The minimum atomic E-state index is -1.19. The van der Waals surface area contributed by atoms with E-state index < -0.39 is 18.2 Å². The summed E-state index contributed by atoms with van der Waals surface area (Å²) in [5, 5.41) is 15.7. The smallest absolute Gasteiger partial charge is 0.405 e. The van der Waals surface area contributed by atoms with E-state index in [-0.39, 0.29) is 18.4 Å². The van der Waals surface area contributed by atoms with Gasteiger partial charge in [-0.15, -0.1) is 0 Å². The first-order valence-electron chi connectivity index (χ1n) is 8.17. The SMILES string of the molecule is CC(=O)N1CC[C@@H](NC(=O)c2cc3cc(Cl)ccc3[nH]2)[C@H](NC(=O)O)C1. The monoisotopic (exact) mass is 378 g/mol. The van der Waals surface area contributed by atoms with Crippen LogP contribution in [0.1, 0.15) is 23.8 Å². The van der Waals surface area contributed by atoms with E-state index in [9.17, 15) is 14.4 Å². The largest absolute Gasteiger partial charge is 0.465 e. The van der Waals surface area contributed by atoms with Crippen LogP contribution >= 0.6 is 11.6 Å². The van der Waals surface area contributed by atoms with Crippen LogP contribution in [0.15, 0.2) is 24.3 Å². The second kappa shape index (κ2) is 7.25. The van der Waals surface area contributed by atoms with Gasteiger partial charge in [-0.1, -0.05) is 11.6 Å². The van der Waals surface area contributed by atoms with Gasteiger partial charge in [0.25, 0.3) is 5.91 Å². The van der Waals surface area contributed by atoms with Gasteiger partial charge < -0.3 is 25.6 Å². The highest BCUT2D eigenvalue weighted by Crippen LogP contribution is 2.20. The summed E-state index contributed by atoms with van der Waals surface area (Å²) in [6.07, 6.45) is -0.734. The summed E-state index contributed by atoms with van der Waals surface area (Å²) in [6.45, 7) is 2.11. The van der Waals surface area contributed by atoms with Gasteiger partial charge in [-0.25, -0.2) is 4.79 Å². The molecule has 2 atom stereocenters. The van der Waals surface area contributed by atoms with Gasteiger partial charge in [0.2, 0.25) is 5.91 Å². The number of rotatable bonds is 3. The summed E-state index contributed by atoms with van der Waals surface area (Å²) >= 11 is 5.96. The second-order valence-electron chi connectivity index (χ2n) is 6.30. The Bertz CT molecular complexity index is 866. The number of aromatic amines is 1. The van der Waals surface area contributed by atoms with Crippen LogP contribution in [0, 0.1) is 0 Å². The summed E-state index contributed by atoms with van der Waals surface area (Å²) in [4.78, 5) is 39.8. The van der Waals surface area contributed by atoms with E-state index in [4.69, 9.17) is 16.7 Å². The fraction of sp³-hybridized carbons (Fsp3) is 0.353. The number of hydrogen-bond donors (Lipinski definition) is 4. The van der Waals surface area contributed by atoms with E-state index >= 15 is 0 Å². The van der Waals surface area contributed by atoms with Gasteiger partial charge in [0.15, 0.2) is 0 Å². The lowest BCUT2D eigenvalue weighted by atomic mass is 9.99. The maximum Gasteiger partial charge on any atom is 0.405 e. The predicted molar refractivity (Wildman–Crippen MR) is 96.4 cm³/mol. The molecule has 26 heavy (non-hydrogen) atoms. The molecule has 2 heterocycles. The zero-order valence-electron chi connectivity index (χ0n) is 14.1. The first-order valence-corrected chi connectivity index (χ1v) is 8.55. The number of piperidine rings is 1. The molecule has 0 unspecified atom stereocenters. The number of halogens is 1. The molecule has 1 aliphatic rings. The molecule has 3 amide bonds. The Morgan fingerprint density at radius 2 is 2.00 bits per heavy atom. The lowest BCUT2D eigenvalue weighted by molar-refractivity contribution is -0.130. The third kappa shape index (κ3) is 3.91. The lowest BCUT2D eigenvalue weighted by Crippen LogP contribution is -2.61. The van der Waals surface area contributed by atoms with Gasteiger partial charge in [0.05, 0.1) is 12.1 Å². The van der Waals surface area contributed by atoms with E-state index in [1.54, 1.807) is 29.2 Å². The normalized spacial score (nSPS) is 20.0. The molecule has 1 aromatic heterocycles. The zero-order valence-corrected chi connectivity index (χ0v) is 14.8. The van der Waals surface area contributed by atoms with E-state index in [1.165, 1.54) is 6.92 Å². The molecule has 0 aliphatic carbocycles. The number of carbonyl (C=O) groups is 3. The number of fused-ring (bicyclic) bond motifs is 1. The molecular formula is C17H19ClN4O4. The Morgan fingerprint density at radius 1 is 1.23 bits per heavy atom. The Morgan fingerprint density at radius 3 is 2.69 bits per heavy atom. The van der Waals surface area contributed by atoms with Crippen molar-refractivity contribution in [2.24, 2.45) is 0 Å². The first kappa shape index (κ1) is 18.1. The molecule has 0 spiro atoms. The molecule has 8 nitrogen and oxygen atoms in total. The quantitative estimate of drug-likeness (QED) is 0.652. The van der Waals surface area contributed by atoms with Crippen molar-refractivity contribution in [1.82, 2.24) is 20.5 Å². The van der Waals surface area contributed by atoms with Gasteiger partial charge in [0, 0.05) is 35.9 Å². The fourth-order valence-corrected chi connectivity index (χ4v) is 3.37. The number of benzene rings is 1. The highest BCUT2D eigenvalue weighted by molar-refractivity contribution is 6.31. The molecule has 9 heteroatoms. The van der Waals surface area contributed by atoms with Crippen LogP contribution in [0.5, 0.6) is 0 Å². The molecule has 4 N–H and O–H groups in total. The van der Waals surface area contributed by atoms with Crippen LogP contribution in [0.3, 0.4) is 0 Å². The van der Waals surface area contributed by atoms with Crippen molar-refractivity contribution in [2.45, 2.75) is 25.4 Å². The predicted octanol–water partition coefficient (Wildman–Crippen LogP) is 1.81. The first-order chi connectivity index (χ1) is 12.3. The number of carbonyl (C=O) groups excluding carboxylic acids is 2. The molecule has 1 aromatic carbocycles. The van der Waals surface area contributed by atoms with Crippen molar-refractivity contribution in [3.05, 3.63) is 35.0 Å². The molecule has 1 saturated heterocycles. The molecule has 2 aromatic rings. The summed E-state index contributed by atoms with van der Waals surface area (Å²) in [5.41, 5.74) is 1.15. The number of amides is 3. The van der Waals surface area contributed by atoms with Crippen LogP contribution in [0.25, 0.3) is 10.9 Å². The topological polar surface area (TPSA) is 115 Å². The standard InChI is InChI=1S/C17H19ClN4O4/c1-9(23)22-5-4-13(15(8-22)21-17(25)26)20-16(24)14-7-10-6-11(18)2-3-12(10)19-14/h2-3,6-7,13,15,19,21H,4-5,8H2,1H3,(H,20,24)(H,25,26)/t13-,15-/m1/s1. The third-order valence-electron chi connectivity index (χ3n) is 4.51. The van der Waals surface area contributed by atoms with Crippen molar-refractivity contribution in [1.29, 1.82) is 0 Å². The number of aromatic nitrogens is 1. The number of nitrogens with zero attached hydrogens (tertiary/aromatic N) is 1. The van der Waals surface area contributed by atoms with E-state index in [0.29, 0.717) is 23.7 Å². The number of H-pyrrole nitrogens is 1. The van der Waals surface area contributed by atoms with Crippen molar-refractivity contribution in [3.63, 3.8) is 0 Å². The van der Waals surface area contributed by atoms with Gasteiger partial charge >= 0.3 is 6.09 Å². The number of carboxylic acid groups (broad SMARTS) is 1. The van der Waals surface area contributed by atoms with Crippen molar-refractivity contribution in [3.8, 4) is 0 Å². The van der Waals surface area contributed by atoms with E-state index in [1.807, 2.05) is 0 Å². The van der Waals surface area contributed by atoms with Crippen LogP contribution < -0.4 is 10.6 Å². The lowest BCUT2D eigenvalue weighted by Gasteiger charge is -2.38. The Balaban J connectivity index is 1.75. The summed E-state index contributed by atoms with van der Waals surface area (Å²) < 4.78 is 0. The molecule has 0 saturated carbocycles. The van der Waals surface area contributed by atoms with Crippen LogP contribution in [0.4, 0.5) is 4.79 Å². The minimum absolute atomic E-state index is 0.125. The highest BCUT2D eigenvalue weighted by Gasteiger charge is 2.32. The zero-order chi connectivity index (χ0) is 18.8. The molecule has 1 fully saturated rings. The maximum atomic E-state index is 12.6. The van der Waals surface area contributed by atoms with Gasteiger partial charge in [-0.3, -0.25) is 9.59 Å². The average Bonchev–Trinajstić information content (AvgIpc) is 2.99. The van der Waals surface area contributed by atoms with Crippen LogP contribution in [0.2, 0.25) is 5.02 Å². The fourth-order valence-electron chi connectivity index (χ4n) is 3.19. The summed E-state index contributed by atoms with van der Waals surface area (Å²) in [7, 11) is 0. The highest BCUT2D eigenvalue weighted by atomic mass is 35.5. The van der Waals surface area contributed by atoms with Crippen LogP contribution in [-0.4, -0.2) is 58.1 Å². The second-order valence-corrected chi connectivity index (χ2v) is 6.74. The van der Waals surface area contributed by atoms with Gasteiger partial charge in [-0.2, -0.15) is 0 Å². The Labute approximate surface area is 154 Å². The third-order valence-corrected chi connectivity index (χ3v) is 4.75. The number of hydrogen-bond acceptors (Lipinski definition) is 3.